The highest BCUT2D eigenvalue weighted by molar-refractivity contribution is 5.92. The van der Waals surface area contributed by atoms with Crippen LogP contribution in [0.4, 0.5) is 5.69 Å². The summed E-state index contributed by atoms with van der Waals surface area (Å²) >= 11 is 0. The molecule has 3 aromatic rings. The Bertz CT molecular complexity index is 1140. The van der Waals surface area contributed by atoms with E-state index in [1.165, 1.54) is 17.0 Å². The highest BCUT2D eigenvalue weighted by Gasteiger charge is 2.12. The van der Waals surface area contributed by atoms with E-state index in [4.69, 9.17) is 4.74 Å². The first-order valence-electron chi connectivity index (χ1n) is 9.29. The maximum Gasteiger partial charge on any atom is 0.320 e. The third-order valence-corrected chi connectivity index (χ3v) is 4.73. The standard InChI is InChI=1S/C22H23N3O4/c1-4-16-7-5-6-15(2)20(16)23-19(26)14-24-12-13-25(22(28)21(24)27)17-8-10-18(29-3)11-9-17/h5-13H,4,14H2,1-3H3,(H,23,26). The molecule has 0 aliphatic heterocycles. The summed E-state index contributed by atoms with van der Waals surface area (Å²) < 4.78 is 7.45. The molecule has 2 aromatic carbocycles. The van der Waals surface area contributed by atoms with Crippen molar-refractivity contribution >= 4 is 11.6 Å². The molecule has 0 bridgehead atoms. The largest absolute Gasteiger partial charge is 0.497 e. The topological polar surface area (TPSA) is 82.3 Å². The second kappa shape index (κ2) is 8.60. The lowest BCUT2D eigenvalue weighted by molar-refractivity contribution is -0.116. The van der Waals surface area contributed by atoms with Crippen molar-refractivity contribution < 1.29 is 9.53 Å². The normalized spacial score (nSPS) is 10.6. The summed E-state index contributed by atoms with van der Waals surface area (Å²) in [4.78, 5) is 37.5. The van der Waals surface area contributed by atoms with E-state index >= 15 is 0 Å². The zero-order valence-corrected chi connectivity index (χ0v) is 16.6. The van der Waals surface area contributed by atoms with Gasteiger partial charge in [0.1, 0.15) is 12.3 Å². The molecule has 0 spiro atoms. The molecule has 0 unspecified atom stereocenters. The first-order chi connectivity index (χ1) is 13.9. The first kappa shape index (κ1) is 20.1. The Morgan fingerprint density at radius 2 is 1.76 bits per heavy atom. The number of carbonyl (C=O) groups is 1. The Hall–Kier alpha value is -3.61. The van der Waals surface area contributed by atoms with Crippen LogP contribution in [0.15, 0.2) is 64.4 Å². The molecular weight excluding hydrogens is 370 g/mol. The molecular formula is C22H23N3O4. The monoisotopic (exact) mass is 393 g/mol. The van der Waals surface area contributed by atoms with Gasteiger partial charge in [-0.05, 0) is 48.7 Å². The van der Waals surface area contributed by atoms with Gasteiger partial charge in [0.05, 0.1) is 7.11 Å². The number of hydrogen-bond acceptors (Lipinski definition) is 4. The predicted molar refractivity (Wildman–Crippen MR) is 112 cm³/mol. The molecule has 0 aliphatic carbocycles. The van der Waals surface area contributed by atoms with E-state index < -0.39 is 11.1 Å². The average Bonchev–Trinajstić information content (AvgIpc) is 2.73. The number of nitrogens with one attached hydrogen (secondary N) is 1. The van der Waals surface area contributed by atoms with Crippen molar-refractivity contribution in [2.75, 3.05) is 12.4 Å². The van der Waals surface area contributed by atoms with Crippen molar-refractivity contribution in [1.29, 1.82) is 0 Å². The van der Waals surface area contributed by atoms with Crippen LogP contribution in [0.25, 0.3) is 5.69 Å². The van der Waals surface area contributed by atoms with Crippen LogP contribution in [0.5, 0.6) is 5.75 Å². The lowest BCUT2D eigenvalue weighted by Crippen LogP contribution is -2.41. The lowest BCUT2D eigenvalue weighted by atomic mass is 10.1. The van der Waals surface area contributed by atoms with Crippen molar-refractivity contribution in [3.8, 4) is 11.4 Å². The Morgan fingerprint density at radius 3 is 2.41 bits per heavy atom. The highest BCUT2D eigenvalue weighted by atomic mass is 16.5. The molecule has 1 aromatic heterocycles. The SMILES string of the molecule is CCc1cccc(C)c1NC(=O)Cn1ccn(-c2ccc(OC)cc2)c(=O)c1=O. The van der Waals surface area contributed by atoms with Crippen LogP contribution in [0.3, 0.4) is 0 Å². The van der Waals surface area contributed by atoms with Crippen LogP contribution in [-0.4, -0.2) is 22.2 Å². The summed E-state index contributed by atoms with van der Waals surface area (Å²) in [6, 6.07) is 12.6. The summed E-state index contributed by atoms with van der Waals surface area (Å²) in [5, 5.41) is 2.86. The van der Waals surface area contributed by atoms with E-state index in [2.05, 4.69) is 5.32 Å². The van der Waals surface area contributed by atoms with Gasteiger partial charge in [-0.2, -0.15) is 0 Å². The summed E-state index contributed by atoms with van der Waals surface area (Å²) in [7, 11) is 1.55. The smallest absolute Gasteiger partial charge is 0.320 e. The number of nitrogens with zero attached hydrogens (tertiary/aromatic N) is 2. The van der Waals surface area contributed by atoms with Crippen LogP contribution in [-0.2, 0) is 17.8 Å². The molecule has 0 aliphatic rings. The van der Waals surface area contributed by atoms with E-state index in [0.29, 0.717) is 11.4 Å². The predicted octanol–water partition coefficient (Wildman–Crippen LogP) is 2.52. The number of aryl methyl sites for hydroxylation is 2. The van der Waals surface area contributed by atoms with E-state index in [1.54, 1.807) is 31.4 Å². The van der Waals surface area contributed by atoms with Crippen LogP contribution >= 0.6 is 0 Å². The second-order valence-electron chi connectivity index (χ2n) is 6.62. The van der Waals surface area contributed by atoms with Gasteiger partial charge in [0.15, 0.2) is 0 Å². The number of amides is 1. The number of rotatable bonds is 6. The van der Waals surface area contributed by atoms with Crippen molar-refractivity contribution in [1.82, 2.24) is 9.13 Å². The summed E-state index contributed by atoms with van der Waals surface area (Å²) in [5.74, 6) is 0.284. The van der Waals surface area contributed by atoms with Gasteiger partial charge in [0, 0.05) is 23.8 Å². The van der Waals surface area contributed by atoms with Gasteiger partial charge in [-0.15, -0.1) is 0 Å². The van der Waals surface area contributed by atoms with Gasteiger partial charge in [-0.25, -0.2) is 0 Å². The third kappa shape index (κ3) is 4.29. The molecule has 0 saturated heterocycles. The van der Waals surface area contributed by atoms with Gasteiger partial charge in [-0.1, -0.05) is 25.1 Å². The molecule has 7 heteroatoms. The van der Waals surface area contributed by atoms with Crippen LogP contribution in [0.2, 0.25) is 0 Å². The number of carbonyl (C=O) groups excluding carboxylic acids is 1. The fourth-order valence-corrected chi connectivity index (χ4v) is 3.11. The molecule has 1 heterocycles. The summed E-state index contributed by atoms with van der Waals surface area (Å²) in [6.45, 7) is 3.68. The van der Waals surface area contributed by atoms with Crippen molar-refractivity contribution in [2.24, 2.45) is 0 Å². The minimum atomic E-state index is -0.765. The molecule has 0 radical (unpaired) electrons. The average molecular weight is 393 g/mol. The molecule has 3 rings (SSSR count). The minimum Gasteiger partial charge on any atom is -0.497 e. The van der Waals surface area contributed by atoms with Crippen LogP contribution in [0, 0.1) is 6.92 Å². The minimum absolute atomic E-state index is 0.241. The third-order valence-electron chi connectivity index (χ3n) is 4.73. The Balaban J connectivity index is 1.84. The lowest BCUT2D eigenvalue weighted by Gasteiger charge is -2.14. The number of methoxy groups -OCH3 is 1. The fraction of sp³-hybridized carbons (Fsp3) is 0.227. The molecule has 29 heavy (non-hydrogen) atoms. The number of aromatic nitrogens is 2. The molecule has 1 N–H and O–H groups in total. The van der Waals surface area contributed by atoms with E-state index in [-0.39, 0.29) is 12.5 Å². The van der Waals surface area contributed by atoms with Gasteiger partial charge in [0.25, 0.3) is 0 Å². The van der Waals surface area contributed by atoms with E-state index in [1.807, 2.05) is 32.0 Å². The zero-order valence-electron chi connectivity index (χ0n) is 16.6. The van der Waals surface area contributed by atoms with E-state index in [0.717, 1.165) is 27.8 Å². The van der Waals surface area contributed by atoms with Crippen molar-refractivity contribution in [3.63, 3.8) is 0 Å². The Kier molecular flexibility index (Phi) is 5.97. The van der Waals surface area contributed by atoms with Crippen LogP contribution in [0.1, 0.15) is 18.1 Å². The Morgan fingerprint density at radius 1 is 1.03 bits per heavy atom. The van der Waals surface area contributed by atoms with Gasteiger partial charge in [-0.3, -0.25) is 23.5 Å². The number of para-hydroxylation sites is 1. The Labute approximate surface area is 168 Å². The highest BCUT2D eigenvalue weighted by Crippen LogP contribution is 2.21. The molecule has 0 atom stereocenters. The molecule has 1 amide bonds. The quantitative estimate of drug-likeness (QED) is 0.653. The number of ether oxygens (including phenoxy) is 1. The van der Waals surface area contributed by atoms with Crippen molar-refractivity contribution in [2.45, 2.75) is 26.8 Å². The zero-order chi connectivity index (χ0) is 21.0. The molecule has 7 nitrogen and oxygen atoms in total. The number of benzene rings is 2. The molecule has 0 saturated carbocycles. The second-order valence-corrected chi connectivity index (χ2v) is 6.62. The first-order valence-corrected chi connectivity index (χ1v) is 9.29. The van der Waals surface area contributed by atoms with Gasteiger partial charge in [0.2, 0.25) is 5.91 Å². The molecule has 0 fully saturated rings. The van der Waals surface area contributed by atoms with Crippen LogP contribution < -0.4 is 21.2 Å². The number of anilines is 1. The van der Waals surface area contributed by atoms with Gasteiger partial charge < -0.3 is 10.1 Å². The van der Waals surface area contributed by atoms with E-state index in [9.17, 15) is 14.4 Å². The van der Waals surface area contributed by atoms with Gasteiger partial charge >= 0.3 is 11.1 Å². The maximum absolute atomic E-state index is 12.5. The molecule has 150 valence electrons. The van der Waals surface area contributed by atoms with Crippen molar-refractivity contribution in [3.05, 3.63) is 86.7 Å². The summed E-state index contributed by atoms with van der Waals surface area (Å²) in [5.41, 5.74) is 1.76. The maximum atomic E-state index is 12.5. The fourth-order valence-electron chi connectivity index (χ4n) is 3.11. The summed E-state index contributed by atoms with van der Waals surface area (Å²) in [6.07, 6.45) is 3.69. The number of hydrogen-bond donors (Lipinski definition) is 1.